The van der Waals surface area contributed by atoms with Crippen molar-refractivity contribution >= 4 is 16.8 Å². The van der Waals surface area contributed by atoms with Crippen LogP contribution in [0.25, 0.3) is 10.9 Å². The minimum absolute atomic E-state index is 0.0157. The summed E-state index contributed by atoms with van der Waals surface area (Å²) in [5.74, 6) is -0.0378. The summed E-state index contributed by atoms with van der Waals surface area (Å²) in [6.45, 7) is 6.21. The number of hydrogen-bond donors (Lipinski definition) is 1. The van der Waals surface area contributed by atoms with Gasteiger partial charge < -0.3 is 9.88 Å². The molecule has 3 nitrogen and oxygen atoms in total. The van der Waals surface area contributed by atoms with E-state index < -0.39 is 0 Å². The molecule has 3 heteroatoms. The highest BCUT2D eigenvalue weighted by molar-refractivity contribution is 5.99. The number of aromatic nitrogens is 1. The Morgan fingerprint density at radius 3 is 2.48 bits per heavy atom. The van der Waals surface area contributed by atoms with Crippen molar-refractivity contribution in [2.45, 2.75) is 26.8 Å². The molecule has 0 bridgehead atoms. The molecule has 0 aliphatic heterocycles. The van der Waals surface area contributed by atoms with Crippen LogP contribution in [0.3, 0.4) is 0 Å². The normalized spacial score (nSPS) is 12.3. The van der Waals surface area contributed by atoms with E-state index in [4.69, 9.17) is 0 Å². The van der Waals surface area contributed by atoms with Gasteiger partial charge in [0.05, 0.1) is 6.04 Å². The van der Waals surface area contributed by atoms with E-state index in [2.05, 4.69) is 30.8 Å². The Morgan fingerprint density at radius 1 is 1.09 bits per heavy atom. The molecule has 3 aromatic rings. The summed E-state index contributed by atoms with van der Waals surface area (Å²) in [4.78, 5) is 12.6. The Hall–Kier alpha value is -2.55. The number of carbonyl (C=O) groups excluding carboxylic acids is 1. The number of nitrogens with zero attached hydrogens (tertiary/aromatic N) is 1. The van der Waals surface area contributed by atoms with Crippen LogP contribution in [0.1, 0.15) is 40.1 Å². The second kappa shape index (κ2) is 5.92. The van der Waals surface area contributed by atoms with Gasteiger partial charge in [0.2, 0.25) is 0 Å². The van der Waals surface area contributed by atoms with Gasteiger partial charge in [0.15, 0.2) is 0 Å². The molecule has 3 rings (SSSR count). The summed E-state index contributed by atoms with van der Waals surface area (Å²) in [5.41, 5.74) is 5.43. The summed E-state index contributed by atoms with van der Waals surface area (Å²) in [6, 6.07) is 15.9. The SMILES string of the molecule is Cc1c(C)n(C)c2ccc(C(=O)NC(C)c3ccccc3)cc12. The lowest BCUT2D eigenvalue weighted by molar-refractivity contribution is 0.0940. The van der Waals surface area contributed by atoms with Crippen molar-refractivity contribution in [3.63, 3.8) is 0 Å². The predicted molar refractivity (Wildman–Crippen MR) is 94.7 cm³/mol. The van der Waals surface area contributed by atoms with E-state index in [-0.39, 0.29) is 11.9 Å². The maximum atomic E-state index is 12.6. The van der Waals surface area contributed by atoms with Crippen molar-refractivity contribution in [1.82, 2.24) is 9.88 Å². The maximum Gasteiger partial charge on any atom is 0.251 e. The summed E-state index contributed by atoms with van der Waals surface area (Å²) in [5, 5.41) is 4.22. The van der Waals surface area contributed by atoms with Crippen molar-refractivity contribution in [1.29, 1.82) is 0 Å². The zero-order valence-corrected chi connectivity index (χ0v) is 14.1. The molecule has 1 N–H and O–H groups in total. The van der Waals surface area contributed by atoms with Crippen LogP contribution in [0.4, 0.5) is 0 Å². The van der Waals surface area contributed by atoms with Crippen LogP contribution in [0, 0.1) is 13.8 Å². The lowest BCUT2D eigenvalue weighted by Gasteiger charge is -2.14. The number of aryl methyl sites for hydroxylation is 2. The Bertz CT molecular complexity index is 862. The van der Waals surface area contributed by atoms with Crippen molar-refractivity contribution in [3.05, 3.63) is 70.9 Å². The smallest absolute Gasteiger partial charge is 0.251 e. The van der Waals surface area contributed by atoms with Crippen LogP contribution in [0.5, 0.6) is 0 Å². The van der Waals surface area contributed by atoms with Gasteiger partial charge in [-0.1, -0.05) is 30.3 Å². The summed E-state index contributed by atoms with van der Waals surface area (Å²) >= 11 is 0. The van der Waals surface area contributed by atoms with Crippen LogP contribution in [-0.4, -0.2) is 10.5 Å². The minimum atomic E-state index is -0.0378. The van der Waals surface area contributed by atoms with Gasteiger partial charge in [-0.2, -0.15) is 0 Å². The van der Waals surface area contributed by atoms with Crippen molar-refractivity contribution < 1.29 is 4.79 Å². The Balaban J connectivity index is 1.88. The molecule has 0 saturated carbocycles. The molecular formula is C20H22N2O. The Labute approximate surface area is 136 Å². The Morgan fingerprint density at radius 2 is 1.78 bits per heavy atom. The number of benzene rings is 2. The summed E-state index contributed by atoms with van der Waals surface area (Å²) < 4.78 is 2.17. The van der Waals surface area contributed by atoms with Gasteiger partial charge in [-0.3, -0.25) is 4.79 Å². The molecular weight excluding hydrogens is 284 g/mol. The van der Waals surface area contributed by atoms with E-state index in [0.29, 0.717) is 5.56 Å². The van der Waals surface area contributed by atoms with Crippen LogP contribution in [0.2, 0.25) is 0 Å². The average Bonchev–Trinajstić information content (AvgIpc) is 2.79. The Kier molecular flexibility index (Phi) is 3.95. The van der Waals surface area contributed by atoms with Gasteiger partial charge in [-0.05, 0) is 50.1 Å². The zero-order valence-electron chi connectivity index (χ0n) is 14.1. The summed E-state index contributed by atoms with van der Waals surface area (Å²) in [7, 11) is 2.06. The predicted octanol–water partition coefficient (Wildman–Crippen LogP) is 4.29. The molecule has 0 aliphatic carbocycles. The van der Waals surface area contributed by atoms with Gasteiger partial charge in [0.25, 0.3) is 5.91 Å². The van der Waals surface area contributed by atoms with Crippen LogP contribution in [-0.2, 0) is 7.05 Å². The topological polar surface area (TPSA) is 34.0 Å². The minimum Gasteiger partial charge on any atom is -0.348 e. The van der Waals surface area contributed by atoms with E-state index >= 15 is 0 Å². The molecule has 0 aliphatic rings. The molecule has 118 valence electrons. The van der Waals surface area contributed by atoms with Crippen molar-refractivity contribution in [2.24, 2.45) is 7.05 Å². The van der Waals surface area contributed by atoms with Crippen LogP contribution in [0.15, 0.2) is 48.5 Å². The molecule has 1 aromatic heterocycles. The first-order chi connectivity index (χ1) is 11.0. The summed E-state index contributed by atoms with van der Waals surface area (Å²) in [6.07, 6.45) is 0. The van der Waals surface area contributed by atoms with Crippen molar-refractivity contribution in [2.75, 3.05) is 0 Å². The number of fused-ring (bicyclic) bond motifs is 1. The molecule has 2 aromatic carbocycles. The van der Waals surface area contributed by atoms with Gasteiger partial charge >= 0.3 is 0 Å². The fourth-order valence-corrected chi connectivity index (χ4v) is 3.00. The first-order valence-electron chi connectivity index (χ1n) is 7.90. The monoisotopic (exact) mass is 306 g/mol. The lowest BCUT2D eigenvalue weighted by Crippen LogP contribution is -2.26. The molecule has 23 heavy (non-hydrogen) atoms. The molecule has 0 spiro atoms. The fraction of sp³-hybridized carbons (Fsp3) is 0.250. The third kappa shape index (κ3) is 2.74. The van der Waals surface area contributed by atoms with E-state index in [0.717, 1.165) is 16.5 Å². The largest absolute Gasteiger partial charge is 0.348 e. The number of amides is 1. The van der Waals surface area contributed by atoms with Crippen LogP contribution < -0.4 is 5.32 Å². The fourth-order valence-electron chi connectivity index (χ4n) is 3.00. The number of carbonyl (C=O) groups is 1. The highest BCUT2D eigenvalue weighted by Crippen LogP contribution is 2.25. The standard InChI is InChI=1S/C20H22N2O/c1-13-15(3)22(4)19-11-10-17(12-18(13)19)20(23)21-14(2)16-8-6-5-7-9-16/h5-12,14H,1-4H3,(H,21,23). The van der Waals surface area contributed by atoms with E-state index in [1.807, 2.05) is 55.5 Å². The van der Waals surface area contributed by atoms with Gasteiger partial charge in [-0.25, -0.2) is 0 Å². The van der Waals surface area contributed by atoms with Crippen LogP contribution >= 0.6 is 0 Å². The first-order valence-corrected chi connectivity index (χ1v) is 7.90. The molecule has 1 atom stereocenters. The van der Waals surface area contributed by atoms with E-state index in [1.165, 1.54) is 11.3 Å². The molecule has 1 heterocycles. The molecule has 0 fully saturated rings. The van der Waals surface area contributed by atoms with E-state index in [1.54, 1.807) is 0 Å². The quantitative estimate of drug-likeness (QED) is 0.769. The van der Waals surface area contributed by atoms with Gasteiger partial charge in [-0.15, -0.1) is 0 Å². The number of nitrogens with one attached hydrogen (secondary N) is 1. The maximum absolute atomic E-state index is 12.6. The lowest BCUT2D eigenvalue weighted by atomic mass is 10.1. The van der Waals surface area contributed by atoms with Gasteiger partial charge in [0, 0.05) is 29.2 Å². The molecule has 1 unspecified atom stereocenters. The zero-order chi connectivity index (χ0) is 16.6. The third-order valence-corrected chi connectivity index (χ3v) is 4.72. The molecule has 1 amide bonds. The second-order valence-electron chi connectivity index (χ2n) is 6.11. The number of hydrogen-bond acceptors (Lipinski definition) is 1. The first kappa shape index (κ1) is 15.3. The average molecular weight is 306 g/mol. The number of rotatable bonds is 3. The highest BCUT2D eigenvalue weighted by Gasteiger charge is 2.14. The molecule has 0 radical (unpaired) electrons. The van der Waals surface area contributed by atoms with Crippen molar-refractivity contribution in [3.8, 4) is 0 Å². The second-order valence-corrected chi connectivity index (χ2v) is 6.11. The van der Waals surface area contributed by atoms with E-state index in [9.17, 15) is 4.79 Å². The van der Waals surface area contributed by atoms with Gasteiger partial charge in [0.1, 0.15) is 0 Å². The highest BCUT2D eigenvalue weighted by atomic mass is 16.1. The third-order valence-electron chi connectivity index (χ3n) is 4.72. The molecule has 0 saturated heterocycles.